The summed E-state index contributed by atoms with van der Waals surface area (Å²) in [5.41, 5.74) is 3.84. The Balaban J connectivity index is 1.47. The molecule has 2 aliphatic rings. The topological polar surface area (TPSA) is 57.6 Å². The van der Waals surface area contributed by atoms with Crippen LogP contribution in [-0.2, 0) is 17.6 Å². The third-order valence-corrected chi connectivity index (χ3v) is 6.94. The molecule has 1 aliphatic carbocycles. The molecule has 4 rings (SSSR count). The number of hydrogen-bond donors (Lipinski definition) is 1. The lowest BCUT2D eigenvalue weighted by atomic mass is 9.94. The zero-order valence-corrected chi connectivity index (χ0v) is 17.5. The first-order chi connectivity index (χ1) is 13.9. The smallest absolute Gasteiger partial charge is 0.306 e. The Morgan fingerprint density at radius 2 is 1.72 bits per heavy atom. The largest absolute Gasteiger partial charge is 0.481 e. The highest BCUT2D eigenvalue weighted by Gasteiger charge is 2.33. The van der Waals surface area contributed by atoms with Gasteiger partial charge in [-0.1, -0.05) is 41.4 Å². The minimum atomic E-state index is -0.682. The molecule has 4 nitrogen and oxygen atoms in total. The molecule has 0 spiro atoms. The number of likely N-dealkylation sites (tertiary alicyclic amines) is 1. The number of rotatable bonds is 5. The second kappa shape index (κ2) is 8.47. The van der Waals surface area contributed by atoms with E-state index >= 15 is 0 Å². The third-order valence-electron chi connectivity index (χ3n) is 6.23. The van der Waals surface area contributed by atoms with Crippen LogP contribution in [0.3, 0.4) is 0 Å². The highest BCUT2D eigenvalue weighted by atomic mass is 35.5. The first-order valence-corrected chi connectivity index (χ1v) is 10.8. The molecule has 2 aromatic carbocycles. The highest BCUT2D eigenvalue weighted by molar-refractivity contribution is 6.36. The van der Waals surface area contributed by atoms with E-state index in [4.69, 9.17) is 23.2 Å². The van der Waals surface area contributed by atoms with E-state index in [0.29, 0.717) is 40.1 Å². The van der Waals surface area contributed by atoms with E-state index in [2.05, 4.69) is 11.0 Å². The van der Waals surface area contributed by atoms with Crippen molar-refractivity contribution in [2.45, 2.75) is 38.1 Å². The van der Waals surface area contributed by atoms with Gasteiger partial charge >= 0.3 is 5.97 Å². The number of piperidine rings is 1. The average molecular weight is 432 g/mol. The van der Waals surface area contributed by atoms with Crippen molar-refractivity contribution in [1.82, 2.24) is 4.90 Å². The molecule has 29 heavy (non-hydrogen) atoms. The summed E-state index contributed by atoms with van der Waals surface area (Å²) < 4.78 is 0. The maximum absolute atomic E-state index is 12.8. The molecule has 1 heterocycles. The molecule has 1 atom stereocenters. The van der Waals surface area contributed by atoms with Crippen LogP contribution < -0.4 is 0 Å². The highest BCUT2D eigenvalue weighted by Crippen LogP contribution is 2.38. The fraction of sp³-hybridized carbons (Fsp3) is 0.391. The Kier molecular flexibility index (Phi) is 5.95. The number of benzene rings is 2. The van der Waals surface area contributed by atoms with Crippen LogP contribution in [0.5, 0.6) is 0 Å². The van der Waals surface area contributed by atoms with Crippen LogP contribution in [0.15, 0.2) is 36.4 Å². The van der Waals surface area contributed by atoms with Gasteiger partial charge in [0.15, 0.2) is 5.78 Å². The molecule has 0 radical (unpaired) electrons. The number of hydrogen-bond acceptors (Lipinski definition) is 3. The van der Waals surface area contributed by atoms with Gasteiger partial charge in [0, 0.05) is 28.1 Å². The van der Waals surface area contributed by atoms with Crippen LogP contribution in [-0.4, -0.2) is 34.8 Å². The zero-order chi connectivity index (χ0) is 20.5. The van der Waals surface area contributed by atoms with E-state index in [1.54, 1.807) is 18.2 Å². The van der Waals surface area contributed by atoms with Crippen LogP contribution in [0.25, 0.3) is 0 Å². The molecular formula is C23H23Cl2NO3. The number of Topliss-reactive ketones (excluding diaryl/α,β-unsaturated/α-hetero) is 1. The Hall–Kier alpha value is -1.88. The maximum Gasteiger partial charge on any atom is 0.306 e. The van der Waals surface area contributed by atoms with Gasteiger partial charge in [0.1, 0.15) is 0 Å². The van der Waals surface area contributed by atoms with Gasteiger partial charge in [-0.05, 0) is 73.7 Å². The van der Waals surface area contributed by atoms with Crippen molar-refractivity contribution in [3.8, 4) is 0 Å². The molecule has 1 saturated heterocycles. The van der Waals surface area contributed by atoms with E-state index in [1.807, 2.05) is 12.1 Å². The van der Waals surface area contributed by atoms with Crippen LogP contribution >= 0.6 is 23.2 Å². The van der Waals surface area contributed by atoms with Crippen molar-refractivity contribution in [3.63, 3.8) is 0 Å². The van der Waals surface area contributed by atoms with E-state index in [9.17, 15) is 14.7 Å². The number of carboxylic acid groups (broad SMARTS) is 1. The average Bonchev–Trinajstić information content (AvgIpc) is 3.14. The number of aliphatic carboxylic acids is 1. The molecule has 0 saturated carbocycles. The number of carboxylic acids is 1. The lowest BCUT2D eigenvalue weighted by Crippen LogP contribution is -2.38. The lowest BCUT2D eigenvalue weighted by Gasteiger charge is -2.35. The number of halogens is 2. The summed E-state index contributed by atoms with van der Waals surface area (Å²) in [6.07, 6.45) is 3.55. The second-order valence-electron chi connectivity index (χ2n) is 7.92. The zero-order valence-electron chi connectivity index (χ0n) is 16.0. The Labute approximate surface area is 180 Å². The molecule has 2 aromatic rings. The van der Waals surface area contributed by atoms with Crippen molar-refractivity contribution in [2.75, 3.05) is 13.1 Å². The van der Waals surface area contributed by atoms with Gasteiger partial charge in [-0.25, -0.2) is 0 Å². The number of carbonyl (C=O) groups excluding carboxylic acids is 1. The quantitative estimate of drug-likeness (QED) is 0.660. The number of nitrogens with zero attached hydrogens (tertiary/aromatic N) is 1. The number of fused-ring (bicyclic) bond motifs is 1. The first-order valence-electron chi connectivity index (χ1n) is 10.00. The summed E-state index contributed by atoms with van der Waals surface area (Å²) in [6.45, 7) is 1.62. The molecular weight excluding hydrogens is 409 g/mol. The van der Waals surface area contributed by atoms with Crippen molar-refractivity contribution in [2.24, 2.45) is 5.92 Å². The second-order valence-corrected chi connectivity index (χ2v) is 8.73. The van der Waals surface area contributed by atoms with Crippen molar-refractivity contribution in [1.29, 1.82) is 0 Å². The summed E-state index contributed by atoms with van der Waals surface area (Å²) in [5, 5.41) is 10.2. The molecule has 1 aliphatic heterocycles. The summed E-state index contributed by atoms with van der Waals surface area (Å²) in [4.78, 5) is 26.4. The Morgan fingerprint density at radius 1 is 1.03 bits per heavy atom. The van der Waals surface area contributed by atoms with Gasteiger partial charge in [0.05, 0.1) is 5.92 Å². The summed E-state index contributed by atoms with van der Waals surface area (Å²) >= 11 is 12.4. The van der Waals surface area contributed by atoms with Crippen molar-refractivity contribution >= 4 is 35.0 Å². The summed E-state index contributed by atoms with van der Waals surface area (Å²) in [5.74, 6) is -0.893. The predicted molar refractivity (Wildman–Crippen MR) is 114 cm³/mol. The minimum absolute atomic E-state index is 0.00789. The van der Waals surface area contributed by atoms with Crippen LogP contribution in [0, 0.1) is 5.92 Å². The number of carbonyl (C=O) groups is 2. The lowest BCUT2D eigenvalue weighted by molar-refractivity contribution is -0.143. The van der Waals surface area contributed by atoms with Crippen molar-refractivity contribution < 1.29 is 14.7 Å². The summed E-state index contributed by atoms with van der Waals surface area (Å²) in [6, 6.07) is 11.6. The number of aryl methyl sites for hydroxylation is 1. The normalized spacial score (nSPS) is 19.9. The Morgan fingerprint density at radius 3 is 2.38 bits per heavy atom. The number of ketones is 1. The van der Waals surface area contributed by atoms with Gasteiger partial charge in [0.2, 0.25) is 0 Å². The maximum atomic E-state index is 12.8. The monoisotopic (exact) mass is 431 g/mol. The van der Waals surface area contributed by atoms with E-state index in [1.165, 1.54) is 11.1 Å². The van der Waals surface area contributed by atoms with E-state index < -0.39 is 5.97 Å². The first kappa shape index (κ1) is 20.4. The van der Waals surface area contributed by atoms with Crippen LogP contribution in [0.4, 0.5) is 0 Å². The van der Waals surface area contributed by atoms with Gasteiger partial charge < -0.3 is 5.11 Å². The molecule has 0 aromatic heterocycles. The SMILES string of the molecule is O=C(Cc1c(Cl)cccc1Cl)c1ccc2c(c1)CC[C@H]2N1CCC(C(=O)O)CC1. The predicted octanol–water partition coefficient (Wildman–Crippen LogP) is 5.20. The molecule has 0 amide bonds. The van der Waals surface area contributed by atoms with Crippen LogP contribution in [0.1, 0.15) is 52.4 Å². The van der Waals surface area contributed by atoms with Crippen LogP contribution in [0.2, 0.25) is 10.0 Å². The Bertz CT molecular complexity index is 931. The van der Waals surface area contributed by atoms with Gasteiger partial charge in [-0.3, -0.25) is 14.5 Å². The molecule has 1 N–H and O–H groups in total. The standard InChI is InChI=1S/C23H23Cl2NO3/c24-19-2-1-3-20(25)18(19)13-22(27)16-4-6-17-15(12-16)5-7-21(17)26-10-8-14(9-11-26)23(28)29/h1-4,6,12,14,21H,5,7-11,13H2,(H,28,29)/t21-/m1/s1. The van der Waals surface area contributed by atoms with Gasteiger partial charge in [0.25, 0.3) is 0 Å². The molecule has 6 heteroatoms. The van der Waals surface area contributed by atoms with Gasteiger partial charge in [-0.2, -0.15) is 0 Å². The van der Waals surface area contributed by atoms with Gasteiger partial charge in [-0.15, -0.1) is 0 Å². The fourth-order valence-electron chi connectivity index (χ4n) is 4.57. The molecule has 152 valence electrons. The fourth-order valence-corrected chi connectivity index (χ4v) is 5.10. The summed E-state index contributed by atoms with van der Waals surface area (Å²) in [7, 11) is 0. The molecule has 0 bridgehead atoms. The van der Waals surface area contributed by atoms with E-state index in [0.717, 1.165) is 25.9 Å². The molecule has 0 unspecified atom stereocenters. The molecule has 1 fully saturated rings. The van der Waals surface area contributed by atoms with Crippen molar-refractivity contribution in [3.05, 3.63) is 68.7 Å². The third kappa shape index (κ3) is 4.20. The minimum Gasteiger partial charge on any atom is -0.481 e. The van der Waals surface area contributed by atoms with E-state index in [-0.39, 0.29) is 18.1 Å².